The van der Waals surface area contributed by atoms with E-state index in [-0.39, 0.29) is 18.4 Å². The number of ether oxygens (including phenoxy) is 1. The Morgan fingerprint density at radius 3 is 2.45 bits per heavy atom. The van der Waals surface area contributed by atoms with Crippen LogP contribution < -0.4 is 10.1 Å². The summed E-state index contributed by atoms with van der Waals surface area (Å²) in [5.41, 5.74) is 4.42. The van der Waals surface area contributed by atoms with Crippen molar-refractivity contribution in [2.75, 3.05) is 36.5 Å². The van der Waals surface area contributed by atoms with E-state index in [9.17, 15) is 9.59 Å². The summed E-state index contributed by atoms with van der Waals surface area (Å²) in [5, 5.41) is 2.90. The minimum atomic E-state index is -0.236. The lowest BCUT2D eigenvalue weighted by atomic mass is 10.0. The number of carbonyl (C=O) groups excluding carboxylic acids is 2. The van der Waals surface area contributed by atoms with Crippen LogP contribution in [0.3, 0.4) is 0 Å². The van der Waals surface area contributed by atoms with E-state index in [0.717, 1.165) is 42.1 Å². The van der Waals surface area contributed by atoms with E-state index in [1.54, 1.807) is 12.1 Å². The molecule has 0 aliphatic carbocycles. The van der Waals surface area contributed by atoms with Crippen LogP contribution in [0.4, 0.5) is 5.69 Å². The van der Waals surface area contributed by atoms with Crippen molar-refractivity contribution in [2.24, 2.45) is 0 Å². The molecular weight excluding hydrogens is 432 g/mol. The summed E-state index contributed by atoms with van der Waals surface area (Å²) < 4.78 is 5.85. The number of hydrogen-bond acceptors (Lipinski definition) is 4. The monoisotopic (exact) mass is 460 g/mol. The third-order valence-corrected chi connectivity index (χ3v) is 6.56. The zero-order chi connectivity index (χ0) is 23.0. The highest BCUT2D eigenvalue weighted by atomic mass is 32.2. The predicted molar refractivity (Wildman–Crippen MR) is 134 cm³/mol. The van der Waals surface area contributed by atoms with E-state index in [2.05, 4.69) is 17.4 Å². The summed E-state index contributed by atoms with van der Waals surface area (Å²) in [7, 11) is 0. The van der Waals surface area contributed by atoms with Gasteiger partial charge in [0.15, 0.2) is 6.61 Å². The fraction of sp³-hybridized carbons (Fsp3) is 0.259. The predicted octanol–water partition coefficient (Wildman–Crippen LogP) is 4.79. The first kappa shape index (κ1) is 22.9. The highest BCUT2D eigenvalue weighted by Gasteiger charge is 2.19. The summed E-state index contributed by atoms with van der Waals surface area (Å²) in [5.74, 6) is 2.48. The fourth-order valence-corrected chi connectivity index (χ4v) is 4.73. The highest BCUT2D eigenvalue weighted by molar-refractivity contribution is 7.99. The Morgan fingerprint density at radius 1 is 0.970 bits per heavy atom. The Morgan fingerprint density at radius 2 is 1.70 bits per heavy atom. The fourth-order valence-electron chi connectivity index (χ4n) is 3.82. The number of nitrogens with zero attached hydrogens (tertiary/aromatic N) is 1. The minimum absolute atomic E-state index is 0.0506. The molecule has 0 bridgehead atoms. The maximum atomic E-state index is 12.7. The van der Waals surface area contributed by atoms with Crippen LogP contribution in [0.5, 0.6) is 5.75 Å². The zero-order valence-electron chi connectivity index (χ0n) is 18.8. The molecule has 0 spiro atoms. The van der Waals surface area contributed by atoms with Crippen molar-refractivity contribution in [3.05, 3.63) is 95.1 Å². The molecule has 2 amide bonds. The Labute approximate surface area is 199 Å². The molecule has 5 nitrogen and oxygen atoms in total. The van der Waals surface area contributed by atoms with Gasteiger partial charge in [-0.2, -0.15) is 11.8 Å². The second kappa shape index (κ2) is 11.1. The van der Waals surface area contributed by atoms with Crippen molar-refractivity contribution in [3.8, 4) is 5.75 Å². The second-order valence-electron chi connectivity index (χ2n) is 8.04. The lowest BCUT2D eigenvalue weighted by molar-refractivity contribution is -0.118. The summed E-state index contributed by atoms with van der Waals surface area (Å²) in [4.78, 5) is 27.2. The first-order chi connectivity index (χ1) is 16.1. The molecule has 0 radical (unpaired) electrons. The highest BCUT2D eigenvalue weighted by Crippen LogP contribution is 2.22. The van der Waals surface area contributed by atoms with E-state index >= 15 is 0 Å². The van der Waals surface area contributed by atoms with Gasteiger partial charge in [0, 0.05) is 42.3 Å². The minimum Gasteiger partial charge on any atom is -0.483 e. The molecule has 3 aromatic carbocycles. The number of nitrogens with one attached hydrogen (secondary N) is 1. The van der Waals surface area contributed by atoms with Crippen LogP contribution in [0.1, 0.15) is 27.0 Å². The average molecular weight is 461 g/mol. The smallest absolute Gasteiger partial charge is 0.262 e. The van der Waals surface area contributed by atoms with Crippen LogP contribution >= 0.6 is 11.8 Å². The van der Waals surface area contributed by atoms with Gasteiger partial charge in [0.1, 0.15) is 5.75 Å². The van der Waals surface area contributed by atoms with E-state index in [0.29, 0.717) is 17.0 Å². The molecule has 1 heterocycles. The molecule has 1 aliphatic heterocycles. The van der Waals surface area contributed by atoms with Gasteiger partial charge in [-0.3, -0.25) is 9.59 Å². The van der Waals surface area contributed by atoms with Crippen LogP contribution in [0.15, 0.2) is 72.8 Å². The summed E-state index contributed by atoms with van der Waals surface area (Å²) in [6.45, 7) is 3.38. The number of para-hydroxylation sites is 1. The quantitative estimate of drug-likeness (QED) is 0.551. The van der Waals surface area contributed by atoms with Crippen molar-refractivity contribution in [3.63, 3.8) is 0 Å². The lowest BCUT2D eigenvalue weighted by Gasteiger charge is -2.26. The van der Waals surface area contributed by atoms with Crippen LogP contribution in [0.2, 0.25) is 0 Å². The van der Waals surface area contributed by atoms with Crippen LogP contribution in [-0.2, 0) is 11.2 Å². The SMILES string of the molecule is Cc1cc(C(=O)N2CCSCC2)ccc1NC(=O)COc1ccccc1Cc1ccccc1. The first-order valence-corrected chi connectivity index (χ1v) is 12.3. The number of anilines is 1. The summed E-state index contributed by atoms with van der Waals surface area (Å²) in [6.07, 6.45) is 0.739. The number of hydrogen-bond donors (Lipinski definition) is 1. The maximum Gasteiger partial charge on any atom is 0.262 e. The summed E-state index contributed by atoms with van der Waals surface area (Å²) in [6, 6.07) is 23.4. The second-order valence-corrected chi connectivity index (χ2v) is 9.27. The number of thioether (sulfide) groups is 1. The number of carbonyl (C=O) groups is 2. The molecule has 3 aromatic rings. The molecule has 0 atom stereocenters. The molecular formula is C27H28N2O3S. The van der Waals surface area contributed by atoms with Crippen LogP contribution in [0, 0.1) is 6.92 Å². The van der Waals surface area contributed by atoms with Gasteiger partial charge in [-0.1, -0.05) is 48.5 Å². The van der Waals surface area contributed by atoms with E-state index in [1.165, 1.54) is 5.56 Å². The molecule has 4 rings (SSSR count). The van der Waals surface area contributed by atoms with Gasteiger partial charge < -0.3 is 15.0 Å². The number of aryl methyl sites for hydroxylation is 1. The Kier molecular flexibility index (Phi) is 7.68. The normalized spacial score (nSPS) is 13.4. The number of amides is 2. The van der Waals surface area contributed by atoms with Crippen LogP contribution in [0.25, 0.3) is 0 Å². The average Bonchev–Trinajstić information content (AvgIpc) is 2.85. The van der Waals surface area contributed by atoms with E-state index < -0.39 is 0 Å². The van der Waals surface area contributed by atoms with Gasteiger partial charge >= 0.3 is 0 Å². The van der Waals surface area contributed by atoms with Crippen molar-refractivity contribution in [1.29, 1.82) is 0 Å². The van der Waals surface area contributed by atoms with Gasteiger partial charge in [0.2, 0.25) is 0 Å². The summed E-state index contributed by atoms with van der Waals surface area (Å²) >= 11 is 1.87. The van der Waals surface area contributed by atoms with Gasteiger partial charge in [0.25, 0.3) is 11.8 Å². The van der Waals surface area contributed by atoms with Gasteiger partial charge in [0.05, 0.1) is 0 Å². The lowest BCUT2D eigenvalue weighted by Crippen LogP contribution is -2.37. The molecule has 33 heavy (non-hydrogen) atoms. The molecule has 0 unspecified atom stereocenters. The third kappa shape index (κ3) is 6.17. The first-order valence-electron chi connectivity index (χ1n) is 11.1. The molecule has 6 heteroatoms. The van der Waals surface area contributed by atoms with Crippen LogP contribution in [-0.4, -0.2) is 47.9 Å². The van der Waals surface area contributed by atoms with Gasteiger partial charge in [-0.05, 0) is 47.9 Å². The Balaban J connectivity index is 1.35. The van der Waals surface area contributed by atoms with E-state index in [1.807, 2.05) is 72.1 Å². The van der Waals surface area contributed by atoms with Gasteiger partial charge in [-0.15, -0.1) is 0 Å². The molecule has 0 aromatic heterocycles. The number of benzene rings is 3. The largest absolute Gasteiger partial charge is 0.483 e. The molecule has 1 aliphatic rings. The van der Waals surface area contributed by atoms with Crippen molar-refractivity contribution >= 4 is 29.3 Å². The topological polar surface area (TPSA) is 58.6 Å². The third-order valence-electron chi connectivity index (χ3n) is 5.61. The van der Waals surface area contributed by atoms with Crippen molar-refractivity contribution < 1.29 is 14.3 Å². The van der Waals surface area contributed by atoms with Gasteiger partial charge in [-0.25, -0.2) is 0 Å². The Bertz CT molecular complexity index is 1110. The van der Waals surface area contributed by atoms with Crippen molar-refractivity contribution in [1.82, 2.24) is 4.90 Å². The Hall–Kier alpha value is -3.25. The van der Waals surface area contributed by atoms with Crippen molar-refractivity contribution in [2.45, 2.75) is 13.3 Å². The number of rotatable bonds is 7. The zero-order valence-corrected chi connectivity index (χ0v) is 19.6. The van der Waals surface area contributed by atoms with E-state index in [4.69, 9.17) is 4.74 Å². The standard InChI is InChI=1S/C27H28N2O3S/c1-20-17-23(27(31)29-13-15-33-16-14-29)11-12-24(20)28-26(30)19-32-25-10-6-5-9-22(25)18-21-7-3-2-4-8-21/h2-12,17H,13-16,18-19H2,1H3,(H,28,30). The maximum absolute atomic E-state index is 12.7. The molecule has 1 N–H and O–H groups in total. The molecule has 1 fully saturated rings. The molecule has 0 saturated carbocycles. The molecule has 170 valence electrons. The molecule has 1 saturated heterocycles.